The van der Waals surface area contributed by atoms with E-state index in [9.17, 15) is 14.0 Å². The van der Waals surface area contributed by atoms with E-state index in [0.717, 1.165) is 10.5 Å². The van der Waals surface area contributed by atoms with Crippen molar-refractivity contribution in [2.45, 2.75) is 12.8 Å². The van der Waals surface area contributed by atoms with E-state index in [1.807, 2.05) is 18.2 Å². The largest absolute Gasteiger partial charge is 0.454 e. The zero-order valence-electron chi connectivity index (χ0n) is 18.2. The second-order valence-electron chi connectivity index (χ2n) is 8.25. The highest BCUT2D eigenvalue weighted by atomic mass is 79.9. The minimum atomic E-state index is -1.36. The predicted molar refractivity (Wildman–Crippen MR) is 130 cm³/mol. The average molecular weight is 538 g/mol. The summed E-state index contributed by atoms with van der Waals surface area (Å²) in [5, 5.41) is 0.694. The molecule has 0 aliphatic heterocycles. The Morgan fingerprint density at radius 2 is 1.66 bits per heavy atom. The standard InChI is InChI=1S/C26H18BrF2N3O3/c27-15-1-7-19-21(13-15)31-12-9-22(19)35-23-8-6-18(14-20(23)29)32(17-4-2-16(28)3-5-17)25(34)26(10-11-26)24(30)33/h1-9,12-14H,10-11H2,(H2,30,33). The van der Waals surface area contributed by atoms with Crippen molar-refractivity contribution < 1.29 is 23.1 Å². The van der Waals surface area contributed by atoms with Crippen molar-refractivity contribution in [2.75, 3.05) is 4.90 Å². The summed E-state index contributed by atoms with van der Waals surface area (Å²) in [6.07, 6.45) is 2.16. The lowest BCUT2D eigenvalue weighted by Gasteiger charge is -2.26. The number of hydrogen-bond acceptors (Lipinski definition) is 4. The molecule has 6 nitrogen and oxygen atoms in total. The highest BCUT2D eigenvalue weighted by molar-refractivity contribution is 9.10. The summed E-state index contributed by atoms with van der Waals surface area (Å²) in [5.74, 6) is -2.21. The molecule has 2 amide bonds. The van der Waals surface area contributed by atoms with Crippen molar-refractivity contribution in [2.24, 2.45) is 11.1 Å². The van der Waals surface area contributed by atoms with Gasteiger partial charge in [0.15, 0.2) is 11.6 Å². The Kier molecular flexibility index (Phi) is 5.72. The van der Waals surface area contributed by atoms with E-state index in [4.69, 9.17) is 10.5 Å². The minimum absolute atomic E-state index is 0.0632. The molecule has 176 valence electrons. The third kappa shape index (κ3) is 4.23. The molecule has 0 spiro atoms. The number of rotatable bonds is 6. The van der Waals surface area contributed by atoms with E-state index >= 15 is 4.39 Å². The summed E-state index contributed by atoms with van der Waals surface area (Å²) in [4.78, 5) is 30.9. The van der Waals surface area contributed by atoms with Gasteiger partial charge in [0.25, 0.3) is 0 Å². The van der Waals surface area contributed by atoms with Crippen LogP contribution in [0, 0.1) is 17.0 Å². The number of benzene rings is 3. The topological polar surface area (TPSA) is 85.5 Å². The summed E-state index contributed by atoms with van der Waals surface area (Å²) in [6, 6.07) is 16.2. The lowest BCUT2D eigenvalue weighted by atomic mass is 10.0. The second kappa shape index (κ2) is 8.74. The number of nitrogens with two attached hydrogens (primary N) is 1. The molecule has 4 aromatic rings. The number of halogens is 3. The van der Waals surface area contributed by atoms with E-state index in [1.54, 1.807) is 12.3 Å². The van der Waals surface area contributed by atoms with Crippen LogP contribution in [-0.2, 0) is 9.59 Å². The van der Waals surface area contributed by atoms with Crippen molar-refractivity contribution in [1.29, 1.82) is 0 Å². The van der Waals surface area contributed by atoms with E-state index < -0.39 is 28.9 Å². The molecule has 0 bridgehead atoms. The Morgan fingerprint density at radius 1 is 0.943 bits per heavy atom. The molecule has 1 aliphatic carbocycles. The number of fused-ring (bicyclic) bond motifs is 1. The number of carbonyl (C=O) groups excluding carboxylic acids is 2. The highest BCUT2D eigenvalue weighted by Crippen LogP contribution is 2.49. The van der Waals surface area contributed by atoms with Crippen LogP contribution in [0.25, 0.3) is 10.9 Å². The molecule has 1 aromatic heterocycles. The van der Waals surface area contributed by atoms with Gasteiger partial charge in [-0.05, 0) is 73.5 Å². The number of aromatic nitrogens is 1. The van der Waals surface area contributed by atoms with Gasteiger partial charge in [-0.25, -0.2) is 8.78 Å². The molecule has 35 heavy (non-hydrogen) atoms. The second-order valence-corrected chi connectivity index (χ2v) is 9.17. The molecule has 1 aliphatic rings. The number of hydrogen-bond donors (Lipinski definition) is 1. The quantitative estimate of drug-likeness (QED) is 0.306. The zero-order valence-corrected chi connectivity index (χ0v) is 19.8. The average Bonchev–Trinajstić information content (AvgIpc) is 3.64. The van der Waals surface area contributed by atoms with E-state index in [2.05, 4.69) is 20.9 Å². The molecule has 3 aromatic carbocycles. The fourth-order valence-electron chi connectivity index (χ4n) is 3.89. The lowest BCUT2D eigenvalue weighted by Crippen LogP contribution is -2.41. The minimum Gasteiger partial charge on any atom is -0.454 e. The van der Waals surface area contributed by atoms with Gasteiger partial charge in [0.2, 0.25) is 11.8 Å². The van der Waals surface area contributed by atoms with Crippen molar-refractivity contribution in [3.8, 4) is 11.5 Å². The van der Waals surface area contributed by atoms with Crippen LogP contribution in [0.3, 0.4) is 0 Å². The molecule has 0 saturated heterocycles. The maximum absolute atomic E-state index is 15.2. The van der Waals surface area contributed by atoms with Gasteiger partial charge < -0.3 is 10.5 Å². The fourth-order valence-corrected chi connectivity index (χ4v) is 4.24. The van der Waals surface area contributed by atoms with Crippen LogP contribution in [0.5, 0.6) is 11.5 Å². The van der Waals surface area contributed by atoms with Gasteiger partial charge in [-0.15, -0.1) is 0 Å². The Hall–Kier alpha value is -3.85. The number of amides is 2. The number of anilines is 2. The highest BCUT2D eigenvalue weighted by Gasteiger charge is 2.57. The van der Waals surface area contributed by atoms with Gasteiger partial charge in [-0.3, -0.25) is 19.5 Å². The van der Waals surface area contributed by atoms with Crippen molar-refractivity contribution in [3.63, 3.8) is 0 Å². The van der Waals surface area contributed by atoms with Crippen LogP contribution in [0.2, 0.25) is 0 Å². The van der Waals surface area contributed by atoms with Crippen LogP contribution in [0.15, 0.2) is 77.4 Å². The molecular weight excluding hydrogens is 520 g/mol. The van der Waals surface area contributed by atoms with Crippen molar-refractivity contribution in [1.82, 2.24) is 4.98 Å². The predicted octanol–water partition coefficient (Wildman–Crippen LogP) is 6.00. The molecule has 2 N–H and O–H groups in total. The third-order valence-electron chi connectivity index (χ3n) is 5.98. The van der Waals surface area contributed by atoms with Gasteiger partial charge in [0.1, 0.15) is 17.0 Å². The van der Waals surface area contributed by atoms with Crippen LogP contribution >= 0.6 is 15.9 Å². The molecule has 0 unspecified atom stereocenters. The Morgan fingerprint density at radius 3 is 2.31 bits per heavy atom. The molecular formula is C26H18BrF2N3O3. The number of nitrogens with zero attached hydrogens (tertiary/aromatic N) is 2. The maximum atomic E-state index is 15.2. The normalized spacial score (nSPS) is 13.9. The summed E-state index contributed by atoms with van der Waals surface area (Å²) < 4.78 is 35.4. The summed E-state index contributed by atoms with van der Waals surface area (Å²) >= 11 is 3.40. The number of primary amides is 1. The first-order valence-electron chi connectivity index (χ1n) is 10.7. The van der Waals surface area contributed by atoms with Gasteiger partial charge in [0, 0.05) is 27.8 Å². The Balaban J connectivity index is 1.52. The monoisotopic (exact) mass is 537 g/mol. The Labute approximate surface area is 207 Å². The molecule has 5 rings (SSSR count). The van der Waals surface area contributed by atoms with Gasteiger partial charge in [0.05, 0.1) is 11.2 Å². The summed E-state index contributed by atoms with van der Waals surface area (Å²) in [7, 11) is 0. The molecule has 0 atom stereocenters. The van der Waals surface area contributed by atoms with E-state index in [1.165, 1.54) is 41.3 Å². The first kappa shape index (κ1) is 22.9. The van der Waals surface area contributed by atoms with Crippen LogP contribution in [0.1, 0.15) is 12.8 Å². The van der Waals surface area contributed by atoms with Crippen molar-refractivity contribution in [3.05, 3.63) is 89.0 Å². The van der Waals surface area contributed by atoms with E-state index in [0.29, 0.717) is 29.5 Å². The number of pyridine rings is 1. The molecule has 1 heterocycles. The smallest absolute Gasteiger partial charge is 0.247 e. The van der Waals surface area contributed by atoms with Gasteiger partial charge >= 0.3 is 0 Å². The molecule has 1 saturated carbocycles. The Bertz CT molecular complexity index is 1470. The SMILES string of the molecule is NC(=O)C1(C(=O)N(c2ccc(F)cc2)c2ccc(Oc3ccnc4cc(Br)ccc34)c(F)c2)CC1. The number of ether oxygens (including phenoxy) is 1. The van der Waals surface area contributed by atoms with Crippen molar-refractivity contribution >= 4 is 50.0 Å². The maximum Gasteiger partial charge on any atom is 0.247 e. The number of carbonyl (C=O) groups is 2. The van der Waals surface area contributed by atoms with Crippen LogP contribution in [-0.4, -0.2) is 16.8 Å². The fraction of sp³-hybridized carbons (Fsp3) is 0.115. The van der Waals surface area contributed by atoms with Crippen LogP contribution < -0.4 is 15.4 Å². The first-order valence-corrected chi connectivity index (χ1v) is 11.5. The third-order valence-corrected chi connectivity index (χ3v) is 6.47. The lowest BCUT2D eigenvalue weighted by molar-refractivity contribution is -0.133. The molecule has 0 radical (unpaired) electrons. The summed E-state index contributed by atoms with van der Waals surface area (Å²) in [5.41, 5.74) is 5.25. The molecule has 9 heteroatoms. The van der Waals surface area contributed by atoms with Crippen LogP contribution in [0.4, 0.5) is 20.2 Å². The van der Waals surface area contributed by atoms with Gasteiger partial charge in [-0.2, -0.15) is 0 Å². The van der Waals surface area contributed by atoms with Gasteiger partial charge in [-0.1, -0.05) is 15.9 Å². The molecule has 1 fully saturated rings. The zero-order chi connectivity index (χ0) is 24.7. The van der Waals surface area contributed by atoms with E-state index in [-0.39, 0.29) is 17.1 Å². The first-order chi connectivity index (χ1) is 16.8. The summed E-state index contributed by atoms with van der Waals surface area (Å²) in [6.45, 7) is 0.